The molecule has 0 saturated carbocycles. The van der Waals surface area contributed by atoms with E-state index in [2.05, 4.69) is 72.1 Å². The van der Waals surface area contributed by atoms with E-state index >= 15 is 0 Å². The third kappa shape index (κ3) is 2.93. The monoisotopic (exact) mass is 324 g/mol. The maximum Gasteiger partial charge on any atom is 0.0900 e. The van der Waals surface area contributed by atoms with Gasteiger partial charge in [-0.25, -0.2) is 4.98 Å². The number of nitrogens with zero attached hydrogens (tertiary/aromatic N) is 1. The van der Waals surface area contributed by atoms with Crippen LogP contribution in [0.25, 0.3) is 0 Å². The molecule has 0 aliphatic carbocycles. The van der Waals surface area contributed by atoms with Crippen LogP contribution in [0.3, 0.4) is 0 Å². The predicted molar refractivity (Wildman–Crippen MR) is 82.5 cm³/mol. The van der Waals surface area contributed by atoms with Crippen LogP contribution in [0.15, 0.2) is 22.7 Å². The fraction of sp³-hybridized carbons (Fsp3) is 0.357. The number of rotatable bonds is 3. The number of thiazole rings is 1. The highest BCUT2D eigenvalue weighted by Gasteiger charge is 2.12. The summed E-state index contributed by atoms with van der Waals surface area (Å²) in [5.41, 5.74) is 3.52. The first-order valence-corrected chi connectivity index (χ1v) is 7.55. The number of aromatic nitrogens is 1. The number of anilines is 1. The number of nitrogens with one attached hydrogen (secondary N) is 1. The van der Waals surface area contributed by atoms with Gasteiger partial charge >= 0.3 is 0 Å². The fourth-order valence-electron chi connectivity index (χ4n) is 2.00. The van der Waals surface area contributed by atoms with Gasteiger partial charge < -0.3 is 5.32 Å². The minimum atomic E-state index is 0.289. The Bertz CT molecular complexity index is 563. The first-order chi connectivity index (χ1) is 8.47. The molecular weight excluding hydrogens is 308 g/mol. The van der Waals surface area contributed by atoms with Gasteiger partial charge in [-0.05, 0) is 51.5 Å². The van der Waals surface area contributed by atoms with Crippen LogP contribution in [-0.2, 0) is 0 Å². The zero-order valence-corrected chi connectivity index (χ0v) is 13.4. The molecule has 18 heavy (non-hydrogen) atoms. The summed E-state index contributed by atoms with van der Waals surface area (Å²) >= 11 is 5.29. The van der Waals surface area contributed by atoms with Crippen LogP contribution >= 0.6 is 27.3 Å². The second-order valence-electron chi connectivity index (χ2n) is 4.51. The topological polar surface area (TPSA) is 24.9 Å². The largest absolute Gasteiger partial charge is 0.378 e. The summed E-state index contributed by atoms with van der Waals surface area (Å²) in [4.78, 5) is 5.79. The molecule has 0 aliphatic rings. The van der Waals surface area contributed by atoms with Crippen LogP contribution in [0.1, 0.15) is 34.1 Å². The Hall–Kier alpha value is -0.870. The second kappa shape index (κ2) is 5.41. The van der Waals surface area contributed by atoms with Crippen molar-refractivity contribution in [3.63, 3.8) is 0 Å². The van der Waals surface area contributed by atoms with Gasteiger partial charge in [0.05, 0.1) is 16.7 Å². The summed E-state index contributed by atoms with van der Waals surface area (Å²) in [6.45, 7) is 8.40. The van der Waals surface area contributed by atoms with Crippen LogP contribution in [0, 0.1) is 20.8 Å². The molecule has 1 unspecified atom stereocenters. The number of aryl methyl sites for hydroxylation is 3. The van der Waals surface area contributed by atoms with Crippen LogP contribution in [-0.4, -0.2) is 4.98 Å². The van der Waals surface area contributed by atoms with E-state index in [0.29, 0.717) is 0 Å². The smallest absolute Gasteiger partial charge is 0.0900 e. The van der Waals surface area contributed by atoms with Crippen LogP contribution < -0.4 is 5.32 Å². The lowest BCUT2D eigenvalue weighted by Crippen LogP contribution is -2.06. The van der Waals surface area contributed by atoms with Crippen molar-refractivity contribution >= 4 is 33.0 Å². The normalized spacial score (nSPS) is 12.5. The average Bonchev–Trinajstić information content (AvgIpc) is 2.63. The minimum absolute atomic E-state index is 0.289. The van der Waals surface area contributed by atoms with Gasteiger partial charge in [-0.3, -0.25) is 0 Å². The molecule has 0 aliphatic heterocycles. The maximum atomic E-state index is 4.48. The second-order valence-corrected chi connectivity index (χ2v) is 6.60. The molecule has 1 aromatic carbocycles. The van der Waals surface area contributed by atoms with Crippen molar-refractivity contribution in [2.45, 2.75) is 33.7 Å². The van der Waals surface area contributed by atoms with Crippen LogP contribution in [0.2, 0.25) is 0 Å². The van der Waals surface area contributed by atoms with Gasteiger partial charge in [0.1, 0.15) is 0 Å². The van der Waals surface area contributed by atoms with Gasteiger partial charge in [0.2, 0.25) is 0 Å². The summed E-state index contributed by atoms with van der Waals surface area (Å²) in [7, 11) is 0. The Labute approximate surface area is 121 Å². The van der Waals surface area contributed by atoms with Crippen molar-refractivity contribution in [1.82, 2.24) is 4.98 Å². The van der Waals surface area contributed by atoms with E-state index < -0.39 is 0 Å². The van der Waals surface area contributed by atoms with Crippen molar-refractivity contribution in [1.29, 1.82) is 0 Å². The molecule has 96 valence electrons. The Morgan fingerprint density at radius 1 is 1.28 bits per heavy atom. The minimum Gasteiger partial charge on any atom is -0.378 e. The van der Waals surface area contributed by atoms with Gasteiger partial charge in [-0.15, -0.1) is 11.3 Å². The molecule has 1 atom stereocenters. The number of hydrogen-bond acceptors (Lipinski definition) is 3. The van der Waals surface area contributed by atoms with E-state index in [0.717, 1.165) is 20.9 Å². The van der Waals surface area contributed by atoms with Crippen molar-refractivity contribution in [3.8, 4) is 0 Å². The zero-order valence-electron chi connectivity index (χ0n) is 11.0. The first kappa shape index (κ1) is 13.6. The van der Waals surface area contributed by atoms with E-state index in [9.17, 15) is 0 Å². The molecule has 0 amide bonds. The van der Waals surface area contributed by atoms with Crippen LogP contribution in [0.4, 0.5) is 5.69 Å². The number of halogens is 1. The van der Waals surface area contributed by atoms with Gasteiger partial charge in [0.25, 0.3) is 0 Å². The fourth-order valence-corrected chi connectivity index (χ4v) is 3.18. The van der Waals surface area contributed by atoms with E-state index in [1.807, 2.05) is 0 Å². The summed E-state index contributed by atoms with van der Waals surface area (Å²) in [6, 6.07) is 6.62. The van der Waals surface area contributed by atoms with Crippen LogP contribution in [0.5, 0.6) is 0 Å². The SMILES string of the molecule is Cc1nc(C)c(C(C)Nc2ccc(Br)c(C)c2)s1. The highest BCUT2D eigenvalue weighted by atomic mass is 79.9. The molecule has 2 aromatic rings. The van der Waals surface area contributed by atoms with E-state index in [1.54, 1.807) is 11.3 Å². The third-order valence-electron chi connectivity index (χ3n) is 2.87. The molecule has 1 N–H and O–H groups in total. The van der Waals surface area contributed by atoms with Crippen molar-refractivity contribution in [2.24, 2.45) is 0 Å². The van der Waals surface area contributed by atoms with Crippen molar-refractivity contribution < 1.29 is 0 Å². The number of benzene rings is 1. The summed E-state index contributed by atoms with van der Waals surface area (Å²) in [6.07, 6.45) is 0. The zero-order chi connectivity index (χ0) is 13.3. The predicted octanol–water partition coefficient (Wildman–Crippen LogP) is 5.00. The molecule has 0 spiro atoms. The summed E-state index contributed by atoms with van der Waals surface area (Å²) in [5.74, 6) is 0. The van der Waals surface area contributed by atoms with Gasteiger partial charge in [0, 0.05) is 15.0 Å². The molecule has 0 saturated heterocycles. The molecule has 0 radical (unpaired) electrons. The number of hydrogen-bond donors (Lipinski definition) is 1. The highest BCUT2D eigenvalue weighted by Crippen LogP contribution is 2.28. The van der Waals surface area contributed by atoms with E-state index in [-0.39, 0.29) is 6.04 Å². The van der Waals surface area contributed by atoms with Crippen molar-refractivity contribution in [2.75, 3.05) is 5.32 Å². The van der Waals surface area contributed by atoms with Crippen molar-refractivity contribution in [3.05, 3.63) is 43.8 Å². The summed E-state index contributed by atoms with van der Waals surface area (Å²) in [5, 5.41) is 4.66. The van der Waals surface area contributed by atoms with E-state index in [1.165, 1.54) is 10.4 Å². The molecule has 0 fully saturated rings. The Balaban J connectivity index is 2.18. The van der Waals surface area contributed by atoms with E-state index in [4.69, 9.17) is 0 Å². The molecule has 2 nitrogen and oxygen atoms in total. The lowest BCUT2D eigenvalue weighted by atomic mass is 10.2. The Morgan fingerprint density at radius 2 is 2.00 bits per heavy atom. The molecular formula is C14H17BrN2S. The molecule has 4 heteroatoms. The van der Waals surface area contributed by atoms with Gasteiger partial charge in [-0.1, -0.05) is 15.9 Å². The molecule has 2 rings (SSSR count). The summed E-state index contributed by atoms with van der Waals surface area (Å²) < 4.78 is 1.14. The van der Waals surface area contributed by atoms with Gasteiger partial charge in [-0.2, -0.15) is 0 Å². The molecule has 1 heterocycles. The third-order valence-corrected chi connectivity index (χ3v) is 5.02. The maximum absolute atomic E-state index is 4.48. The quantitative estimate of drug-likeness (QED) is 0.858. The Morgan fingerprint density at radius 3 is 2.56 bits per heavy atom. The lowest BCUT2D eigenvalue weighted by molar-refractivity contribution is 0.889. The Kier molecular flexibility index (Phi) is 4.07. The molecule has 1 aromatic heterocycles. The standard InChI is InChI=1S/C14H17BrN2S/c1-8-7-12(5-6-13(8)15)17-10(3)14-9(2)16-11(4)18-14/h5-7,10,17H,1-4H3. The van der Waals surface area contributed by atoms with Gasteiger partial charge in [0.15, 0.2) is 0 Å². The average molecular weight is 325 g/mol. The first-order valence-electron chi connectivity index (χ1n) is 5.94. The molecule has 0 bridgehead atoms. The lowest BCUT2D eigenvalue weighted by Gasteiger charge is -2.15. The highest BCUT2D eigenvalue weighted by molar-refractivity contribution is 9.10.